The van der Waals surface area contributed by atoms with E-state index in [0.29, 0.717) is 16.9 Å². The number of anilines is 2. The third-order valence-corrected chi connectivity index (χ3v) is 5.38. The number of rotatable bonds is 6. The van der Waals surface area contributed by atoms with Crippen LogP contribution >= 0.6 is 11.6 Å². The molecule has 4 rings (SSSR count). The van der Waals surface area contributed by atoms with Crippen LogP contribution in [0.15, 0.2) is 91.0 Å². The van der Waals surface area contributed by atoms with Crippen LogP contribution in [0.5, 0.6) is 11.5 Å². The molecule has 2 amide bonds. The van der Waals surface area contributed by atoms with Crippen molar-refractivity contribution in [2.45, 2.75) is 6.18 Å². The van der Waals surface area contributed by atoms with Crippen molar-refractivity contribution in [2.24, 2.45) is 0 Å². The first kappa shape index (κ1) is 25.6. The van der Waals surface area contributed by atoms with Crippen LogP contribution in [-0.4, -0.2) is 17.1 Å². The van der Waals surface area contributed by atoms with Crippen LogP contribution < -0.4 is 15.4 Å². The number of carboxylic acid groups (broad SMARTS) is 1. The smallest absolute Gasteiger partial charge is 0.418 e. The first-order valence-corrected chi connectivity index (χ1v) is 11.1. The van der Waals surface area contributed by atoms with Gasteiger partial charge in [0.05, 0.1) is 22.5 Å². The van der Waals surface area contributed by atoms with E-state index in [0.717, 1.165) is 12.1 Å². The predicted octanol–water partition coefficient (Wildman–Crippen LogP) is 8.16. The summed E-state index contributed by atoms with van der Waals surface area (Å²) in [5, 5.41) is 14.3. The molecule has 6 nitrogen and oxygen atoms in total. The second-order valence-corrected chi connectivity index (χ2v) is 8.22. The number of hydrogen-bond donors (Lipinski definition) is 3. The number of aromatic carboxylic acids is 1. The number of hydrogen-bond acceptors (Lipinski definition) is 3. The van der Waals surface area contributed by atoms with Crippen molar-refractivity contribution in [3.8, 4) is 22.6 Å². The maximum Gasteiger partial charge on any atom is 0.418 e. The summed E-state index contributed by atoms with van der Waals surface area (Å²) in [6.07, 6.45) is -4.67. The van der Waals surface area contributed by atoms with Crippen LogP contribution in [0.2, 0.25) is 5.02 Å². The number of carbonyl (C=O) groups is 2. The monoisotopic (exact) mass is 526 g/mol. The average Bonchev–Trinajstić information content (AvgIpc) is 2.85. The molecule has 0 aliphatic heterocycles. The van der Waals surface area contributed by atoms with Crippen LogP contribution in [0.4, 0.5) is 29.3 Å². The molecular weight excluding hydrogens is 509 g/mol. The number of alkyl halides is 3. The van der Waals surface area contributed by atoms with Gasteiger partial charge in [-0.3, -0.25) is 0 Å². The van der Waals surface area contributed by atoms with Gasteiger partial charge < -0.3 is 20.5 Å². The minimum atomic E-state index is -4.67. The minimum absolute atomic E-state index is 0.0388. The molecule has 3 N–H and O–H groups in total. The van der Waals surface area contributed by atoms with E-state index in [9.17, 15) is 27.9 Å². The second kappa shape index (κ2) is 10.6. The lowest BCUT2D eigenvalue weighted by Crippen LogP contribution is -2.22. The van der Waals surface area contributed by atoms with E-state index in [-0.39, 0.29) is 22.0 Å². The van der Waals surface area contributed by atoms with Gasteiger partial charge in [-0.25, -0.2) is 9.59 Å². The lowest BCUT2D eigenvalue weighted by atomic mass is 10.0. The van der Waals surface area contributed by atoms with Crippen molar-refractivity contribution in [2.75, 3.05) is 10.6 Å². The summed E-state index contributed by atoms with van der Waals surface area (Å²) in [6, 6.07) is 21.2. The zero-order valence-corrected chi connectivity index (χ0v) is 19.6. The van der Waals surface area contributed by atoms with Crippen molar-refractivity contribution in [3.63, 3.8) is 0 Å². The standard InChI is InChI=1S/C27H18ClF3N2O4/c28-19-13-17(12-18(14-19)25(34)35)16-10-11-24(37-20-6-2-1-3-7-20)23(15-16)33-26(36)32-22-9-5-4-8-21(22)27(29,30)31/h1-15H,(H,34,35)(H2,32,33,36). The van der Waals surface area contributed by atoms with Gasteiger partial charge in [0.15, 0.2) is 5.75 Å². The van der Waals surface area contributed by atoms with Gasteiger partial charge in [0, 0.05) is 5.02 Å². The number of urea groups is 1. The molecule has 188 valence electrons. The Bertz CT molecular complexity index is 1460. The first-order chi connectivity index (χ1) is 17.6. The summed E-state index contributed by atoms with van der Waals surface area (Å²) >= 11 is 6.09. The summed E-state index contributed by atoms with van der Waals surface area (Å²) in [5.74, 6) is -0.513. The molecule has 37 heavy (non-hydrogen) atoms. The van der Waals surface area contributed by atoms with E-state index in [1.165, 1.54) is 30.3 Å². The van der Waals surface area contributed by atoms with Crippen LogP contribution in [0, 0.1) is 0 Å². The zero-order valence-electron chi connectivity index (χ0n) is 18.8. The summed E-state index contributed by atoms with van der Waals surface area (Å²) < 4.78 is 45.9. The van der Waals surface area contributed by atoms with E-state index in [1.54, 1.807) is 48.5 Å². The summed E-state index contributed by atoms with van der Waals surface area (Å²) in [5.41, 5.74) is -0.406. The van der Waals surface area contributed by atoms with Gasteiger partial charge in [0.2, 0.25) is 0 Å². The third-order valence-electron chi connectivity index (χ3n) is 5.16. The molecule has 0 aliphatic rings. The Labute approximate surface area is 214 Å². The van der Waals surface area contributed by atoms with Crippen molar-refractivity contribution < 1.29 is 32.6 Å². The molecule has 0 aliphatic carbocycles. The highest BCUT2D eigenvalue weighted by atomic mass is 35.5. The van der Waals surface area contributed by atoms with Crippen molar-refractivity contribution in [1.29, 1.82) is 0 Å². The third kappa shape index (κ3) is 6.39. The van der Waals surface area contributed by atoms with Gasteiger partial charge in [-0.15, -0.1) is 0 Å². The SMILES string of the molecule is O=C(Nc1cc(-c2cc(Cl)cc(C(=O)O)c2)ccc1Oc1ccccc1)Nc1ccccc1C(F)(F)F. The molecule has 0 saturated carbocycles. The van der Waals surface area contributed by atoms with Gasteiger partial charge in [0.1, 0.15) is 5.75 Å². The number of ether oxygens (including phenoxy) is 1. The highest BCUT2D eigenvalue weighted by molar-refractivity contribution is 6.31. The Morgan fingerprint density at radius 2 is 1.46 bits per heavy atom. The largest absolute Gasteiger partial charge is 0.478 e. The second-order valence-electron chi connectivity index (χ2n) is 7.78. The highest BCUT2D eigenvalue weighted by Crippen LogP contribution is 2.37. The Balaban J connectivity index is 1.70. The van der Waals surface area contributed by atoms with Crippen molar-refractivity contribution >= 4 is 35.0 Å². The van der Waals surface area contributed by atoms with E-state index in [2.05, 4.69) is 10.6 Å². The molecule has 0 unspecified atom stereocenters. The van der Waals surface area contributed by atoms with Crippen LogP contribution in [-0.2, 0) is 6.18 Å². The van der Waals surface area contributed by atoms with E-state index < -0.39 is 29.4 Å². The fourth-order valence-electron chi connectivity index (χ4n) is 3.51. The van der Waals surface area contributed by atoms with Gasteiger partial charge >= 0.3 is 18.2 Å². The van der Waals surface area contributed by atoms with Gasteiger partial charge in [-0.05, 0) is 65.7 Å². The molecule has 0 spiro atoms. The molecule has 0 fully saturated rings. The first-order valence-electron chi connectivity index (χ1n) is 10.8. The molecule has 0 saturated heterocycles. The Kier molecular flexibility index (Phi) is 7.35. The van der Waals surface area contributed by atoms with Crippen LogP contribution in [0.3, 0.4) is 0 Å². The molecule has 10 heteroatoms. The molecule has 4 aromatic carbocycles. The number of carboxylic acids is 1. The highest BCUT2D eigenvalue weighted by Gasteiger charge is 2.33. The predicted molar refractivity (Wildman–Crippen MR) is 134 cm³/mol. The number of nitrogens with one attached hydrogen (secondary N) is 2. The topological polar surface area (TPSA) is 87.7 Å². The van der Waals surface area contributed by atoms with Gasteiger partial charge in [-0.1, -0.05) is 48.0 Å². The van der Waals surface area contributed by atoms with Crippen LogP contribution in [0.1, 0.15) is 15.9 Å². The number of halogens is 4. The Hall–Kier alpha value is -4.50. The zero-order chi connectivity index (χ0) is 26.6. The molecule has 0 atom stereocenters. The van der Waals surface area contributed by atoms with E-state index >= 15 is 0 Å². The lowest BCUT2D eigenvalue weighted by Gasteiger charge is -2.17. The summed E-state index contributed by atoms with van der Waals surface area (Å²) in [7, 11) is 0. The van der Waals surface area contributed by atoms with E-state index in [1.807, 2.05) is 0 Å². The molecule has 0 heterocycles. The van der Waals surface area contributed by atoms with Crippen LogP contribution in [0.25, 0.3) is 11.1 Å². The average molecular weight is 527 g/mol. The molecular formula is C27H18ClF3N2O4. The molecule has 0 bridgehead atoms. The Morgan fingerprint density at radius 1 is 0.784 bits per heavy atom. The molecule has 0 radical (unpaired) electrons. The minimum Gasteiger partial charge on any atom is -0.478 e. The number of amides is 2. The quantitative estimate of drug-likeness (QED) is 0.236. The Morgan fingerprint density at radius 3 is 2.16 bits per heavy atom. The molecule has 0 aromatic heterocycles. The normalized spacial score (nSPS) is 11.0. The maximum atomic E-state index is 13.4. The number of benzene rings is 4. The summed E-state index contributed by atoms with van der Waals surface area (Å²) in [4.78, 5) is 24.2. The van der Waals surface area contributed by atoms with Gasteiger partial charge in [0.25, 0.3) is 0 Å². The van der Waals surface area contributed by atoms with Crippen molar-refractivity contribution in [3.05, 3.63) is 107 Å². The molecule has 4 aromatic rings. The van der Waals surface area contributed by atoms with Crippen molar-refractivity contribution in [1.82, 2.24) is 0 Å². The maximum absolute atomic E-state index is 13.4. The van der Waals surface area contributed by atoms with E-state index in [4.69, 9.17) is 16.3 Å². The fraction of sp³-hybridized carbons (Fsp3) is 0.0370. The lowest BCUT2D eigenvalue weighted by molar-refractivity contribution is -0.136. The number of para-hydroxylation sites is 2. The van der Waals surface area contributed by atoms with Gasteiger partial charge in [-0.2, -0.15) is 13.2 Å². The fourth-order valence-corrected chi connectivity index (χ4v) is 3.74. The number of carbonyl (C=O) groups excluding carboxylic acids is 1. The summed E-state index contributed by atoms with van der Waals surface area (Å²) in [6.45, 7) is 0.